The predicted octanol–water partition coefficient (Wildman–Crippen LogP) is 0.488. The van der Waals surface area contributed by atoms with Crippen LogP contribution >= 0.6 is 0 Å². The summed E-state index contributed by atoms with van der Waals surface area (Å²) in [6.45, 7) is 0.419. The van der Waals surface area contributed by atoms with Gasteiger partial charge in [0.1, 0.15) is 5.69 Å². The van der Waals surface area contributed by atoms with Crippen LogP contribution in [0.25, 0.3) is 0 Å². The normalized spacial score (nSPS) is 11.7. The average molecular weight is 345 g/mol. The van der Waals surface area contributed by atoms with E-state index in [1.807, 2.05) is 0 Å². The number of aromatic nitrogens is 2. The highest BCUT2D eigenvalue weighted by Crippen LogP contribution is 2.14. The molecule has 8 heteroatoms. The molecule has 0 saturated heterocycles. The van der Waals surface area contributed by atoms with E-state index in [0.717, 1.165) is 4.68 Å². The molecule has 1 atom stereocenters. The van der Waals surface area contributed by atoms with Crippen molar-refractivity contribution < 1.29 is 19.4 Å². The number of ether oxygens (including phenoxy) is 1. The Hall–Kier alpha value is -3.00. The molecule has 0 aliphatic carbocycles. The minimum Gasteiger partial charge on any atom is -0.481 e. The first-order valence-electron chi connectivity index (χ1n) is 7.66. The number of carbonyl (C=O) groups is 2. The van der Waals surface area contributed by atoms with Crippen molar-refractivity contribution >= 4 is 11.9 Å². The maximum absolute atomic E-state index is 12.2. The molecule has 0 fully saturated rings. The first kappa shape index (κ1) is 18.3. The lowest BCUT2D eigenvalue weighted by Crippen LogP contribution is -2.34. The van der Waals surface area contributed by atoms with E-state index in [1.165, 1.54) is 19.2 Å². The Morgan fingerprint density at radius 2 is 1.96 bits per heavy atom. The van der Waals surface area contributed by atoms with Crippen molar-refractivity contribution in [3.8, 4) is 0 Å². The highest BCUT2D eigenvalue weighted by Gasteiger charge is 2.21. The molecule has 1 aromatic heterocycles. The Morgan fingerprint density at radius 3 is 2.60 bits per heavy atom. The van der Waals surface area contributed by atoms with Gasteiger partial charge in [-0.3, -0.25) is 14.4 Å². The van der Waals surface area contributed by atoms with Crippen LogP contribution in [0, 0.1) is 0 Å². The summed E-state index contributed by atoms with van der Waals surface area (Å²) in [6.07, 6.45) is 0. The fourth-order valence-corrected chi connectivity index (χ4v) is 2.23. The standard InChI is InChI=1S/C17H19N3O5/c1-25-10-9-20-15(21)8-7-14(19-20)16(22)18-11-13(17(23)24)12-5-3-2-4-6-12/h2-8,13H,9-11H2,1H3,(H,18,22)(H,23,24). The van der Waals surface area contributed by atoms with E-state index in [9.17, 15) is 19.5 Å². The zero-order valence-electron chi connectivity index (χ0n) is 13.7. The van der Waals surface area contributed by atoms with Gasteiger partial charge in [-0.1, -0.05) is 30.3 Å². The highest BCUT2D eigenvalue weighted by molar-refractivity contribution is 5.92. The van der Waals surface area contributed by atoms with Crippen LogP contribution in [0.3, 0.4) is 0 Å². The van der Waals surface area contributed by atoms with Crippen LogP contribution in [0.2, 0.25) is 0 Å². The Labute approximate surface area is 144 Å². The van der Waals surface area contributed by atoms with E-state index in [-0.39, 0.29) is 30.9 Å². The quantitative estimate of drug-likeness (QED) is 0.720. The molecule has 0 aliphatic rings. The van der Waals surface area contributed by atoms with Gasteiger partial charge in [0.2, 0.25) is 0 Å². The number of hydrogen-bond donors (Lipinski definition) is 2. The number of aliphatic carboxylic acids is 1. The molecule has 2 rings (SSSR count). The largest absolute Gasteiger partial charge is 0.481 e. The number of amides is 1. The van der Waals surface area contributed by atoms with Crippen molar-refractivity contribution in [3.05, 3.63) is 64.1 Å². The number of carboxylic acid groups (broad SMARTS) is 1. The maximum atomic E-state index is 12.2. The first-order valence-corrected chi connectivity index (χ1v) is 7.66. The first-order chi connectivity index (χ1) is 12.0. The highest BCUT2D eigenvalue weighted by atomic mass is 16.5. The van der Waals surface area contributed by atoms with Crippen LogP contribution < -0.4 is 10.9 Å². The molecule has 1 aromatic carbocycles. The fraction of sp³-hybridized carbons (Fsp3) is 0.294. The molecule has 8 nitrogen and oxygen atoms in total. The van der Waals surface area contributed by atoms with Crippen molar-refractivity contribution in [2.45, 2.75) is 12.5 Å². The minimum absolute atomic E-state index is 0.0351. The molecule has 2 N–H and O–H groups in total. The Kier molecular flexibility index (Phi) is 6.41. The molecule has 0 radical (unpaired) electrons. The number of benzene rings is 1. The van der Waals surface area contributed by atoms with Gasteiger partial charge in [-0.05, 0) is 11.6 Å². The summed E-state index contributed by atoms with van der Waals surface area (Å²) in [5, 5.41) is 15.9. The number of methoxy groups -OCH3 is 1. The monoisotopic (exact) mass is 345 g/mol. The van der Waals surface area contributed by atoms with E-state index in [1.54, 1.807) is 30.3 Å². The number of carboxylic acids is 1. The summed E-state index contributed by atoms with van der Waals surface area (Å²) in [4.78, 5) is 35.3. The summed E-state index contributed by atoms with van der Waals surface area (Å²) >= 11 is 0. The summed E-state index contributed by atoms with van der Waals surface area (Å²) in [6, 6.07) is 11.2. The Balaban J connectivity index is 2.08. The molecule has 1 amide bonds. The van der Waals surface area contributed by atoms with E-state index >= 15 is 0 Å². The van der Waals surface area contributed by atoms with Gasteiger partial charge < -0.3 is 15.2 Å². The average Bonchev–Trinajstić information content (AvgIpc) is 2.61. The molecular weight excluding hydrogens is 326 g/mol. The Bertz CT molecular complexity index is 788. The van der Waals surface area contributed by atoms with Crippen molar-refractivity contribution in [2.75, 3.05) is 20.3 Å². The summed E-state index contributed by atoms with van der Waals surface area (Å²) in [7, 11) is 1.50. The number of rotatable bonds is 8. The zero-order valence-corrected chi connectivity index (χ0v) is 13.7. The van der Waals surface area contributed by atoms with Crippen molar-refractivity contribution in [1.82, 2.24) is 15.1 Å². The van der Waals surface area contributed by atoms with Gasteiger partial charge in [0, 0.05) is 19.7 Å². The van der Waals surface area contributed by atoms with Gasteiger partial charge in [-0.25, -0.2) is 4.68 Å². The van der Waals surface area contributed by atoms with E-state index < -0.39 is 17.8 Å². The number of carbonyl (C=O) groups excluding carboxylic acids is 1. The minimum atomic E-state index is -1.04. The lowest BCUT2D eigenvalue weighted by atomic mass is 9.99. The van der Waals surface area contributed by atoms with Crippen LogP contribution in [-0.2, 0) is 16.1 Å². The third kappa shape index (κ3) is 4.98. The third-order valence-corrected chi connectivity index (χ3v) is 3.57. The zero-order chi connectivity index (χ0) is 18.2. The van der Waals surface area contributed by atoms with Gasteiger partial charge >= 0.3 is 5.97 Å². The van der Waals surface area contributed by atoms with E-state index in [4.69, 9.17) is 4.74 Å². The lowest BCUT2D eigenvalue weighted by Gasteiger charge is -2.14. The summed E-state index contributed by atoms with van der Waals surface area (Å²) in [5.74, 6) is -2.46. The van der Waals surface area contributed by atoms with Crippen LogP contribution in [0.4, 0.5) is 0 Å². The Morgan fingerprint density at radius 1 is 1.24 bits per heavy atom. The molecule has 2 aromatic rings. The lowest BCUT2D eigenvalue weighted by molar-refractivity contribution is -0.138. The SMILES string of the molecule is COCCn1nc(C(=O)NCC(C(=O)O)c2ccccc2)ccc1=O. The number of nitrogens with zero attached hydrogens (tertiary/aromatic N) is 2. The molecule has 0 bridgehead atoms. The second kappa shape index (κ2) is 8.74. The predicted molar refractivity (Wildman–Crippen MR) is 89.5 cm³/mol. The third-order valence-electron chi connectivity index (χ3n) is 3.57. The fourth-order valence-electron chi connectivity index (χ4n) is 2.23. The van der Waals surface area contributed by atoms with Gasteiger partial charge in [-0.15, -0.1) is 0 Å². The molecule has 0 aliphatic heterocycles. The van der Waals surface area contributed by atoms with Gasteiger partial charge in [-0.2, -0.15) is 5.10 Å². The van der Waals surface area contributed by atoms with Crippen molar-refractivity contribution in [3.63, 3.8) is 0 Å². The summed E-state index contributed by atoms with van der Waals surface area (Å²) < 4.78 is 6.02. The van der Waals surface area contributed by atoms with Crippen LogP contribution in [-0.4, -0.2) is 47.0 Å². The van der Waals surface area contributed by atoms with Crippen LogP contribution in [0.5, 0.6) is 0 Å². The molecular formula is C17H19N3O5. The van der Waals surface area contributed by atoms with Crippen LogP contribution in [0.1, 0.15) is 22.0 Å². The second-order valence-electron chi connectivity index (χ2n) is 5.28. The van der Waals surface area contributed by atoms with Crippen molar-refractivity contribution in [2.24, 2.45) is 0 Å². The molecule has 0 saturated carbocycles. The summed E-state index contributed by atoms with van der Waals surface area (Å²) in [5.41, 5.74) is 0.280. The maximum Gasteiger partial charge on any atom is 0.312 e. The molecule has 132 valence electrons. The topological polar surface area (TPSA) is 111 Å². The number of nitrogens with one attached hydrogen (secondary N) is 1. The van der Waals surface area contributed by atoms with E-state index in [0.29, 0.717) is 5.56 Å². The smallest absolute Gasteiger partial charge is 0.312 e. The molecule has 0 spiro atoms. The van der Waals surface area contributed by atoms with Gasteiger partial charge in [0.15, 0.2) is 0 Å². The van der Waals surface area contributed by atoms with Gasteiger partial charge in [0.05, 0.1) is 19.1 Å². The van der Waals surface area contributed by atoms with Crippen LogP contribution in [0.15, 0.2) is 47.3 Å². The van der Waals surface area contributed by atoms with Crippen molar-refractivity contribution in [1.29, 1.82) is 0 Å². The van der Waals surface area contributed by atoms with Gasteiger partial charge in [0.25, 0.3) is 11.5 Å². The molecule has 25 heavy (non-hydrogen) atoms. The second-order valence-corrected chi connectivity index (χ2v) is 5.28. The number of hydrogen-bond acceptors (Lipinski definition) is 5. The molecule has 1 heterocycles. The molecule has 1 unspecified atom stereocenters. The van der Waals surface area contributed by atoms with E-state index in [2.05, 4.69) is 10.4 Å².